The summed E-state index contributed by atoms with van der Waals surface area (Å²) in [4.78, 5) is 14.7. The topological polar surface area (TPSA) is 58.4 Å². The van der Waals surface area contributed by atoms with E-state index in [1.165, 1.54) is 12.0 Å². The highest BCUT2D eigenvalue weighted by molar-refractivity contribution is 5.94. The van der Waals surface area contributed by atoms with Crippen LogP contribution in [0.5, 0.6) is 0 Å². The average molecular weight is 309 g/mol. The molecule has 0 aromatic heterocycles. The first-order chi connectivity index (χ1) is 11.2. The average Bonchev–Trinajstić information content (AvgIpc) is 3.00. The summed E-state index contributed by atoms with van der Waals surface area (Å²) in [6.45, 7) is 2.72. The van der Waals surface area contributed by atoms with Crippen LogP contribution in [0.3, 0.4) is 0 Å². The van der Waals surface area contributed by atoms with Crippen molar-refractivity contribution in [3.05, 3.63) is 65.7 Å². The minimum Gasteiger partial charge on any atom is -0.399 e. The zero-order valence-electron chi connectivity index (χ0n) is 13.2. The fourth-order valence-electron chi connectivity index (χ4n) is 3.14. The van der Waals surface area contributed by atoms with Crippen LogP contribution in [0.2, 0.25) is 0 Å². The van der Waals surface area contributed by atoms with Gasteiger partial charge in [0.05, 0.1) is 0 Å². The second kappa shape index (κ2) is 7.29. The van der Waals surface area contributed by atoms with E-state index in [1.54, 1.807) is 18.2 Å². The van der Waals surface area contributed by atoms with Gasteiger partial charge in [-0.1, -0.05) is 36.4 Å². The number of nitrogens with one attached hydrogen (secondary N) is 1. The van der Waals surface area contributed by atoms with Crippen LogP contribution in [0.4, 0.5) is 5.69 Å². The number of hydrogen-bond acceptors (Lipinski definition) is 3. The van der Waals surface area contributed by atoms with E-state index in [0.29, 0.717) is 23.8 Å². The first-order valence-corrected chi connectivity index (χ1v) is 8.14. The molecule has 0 spiro atoms. The highest BCUT2D eigenvalue weighted by Crippen LogP contribution is 2.19. The van der Waals surface area contributed by atoms with Gasteiger partial charge in [-0.25, -0.2) is 0 Å². The van der Waals surface area contributed by atoms with Crippen molar-refractivity contribution in [1.29, 1.82) is 0 Å². The zero-order valence-corrected chi connectivity index (χ0v) is 13.2. The van der Waals surface area contributed by atoms with Gasteiger partial charge in [0.25, 0.3) is 5.91 Å². The Morgan fingerprint density at radius 3 is 2.78 bits per heavy atom. The van der Waals surface area contributed by atoms with E-state index in [-0.39, 0.29) is 5.91 Å². The highest BCUT2D eigenvalue weighted by atomic mass is 16.1. The smallest absolute Gasteiger partial charge is 0.251 e. The maximum absolute atomic E-state index is 12.2. The molecular formula is C19H23N3O. The van der Waals surface area contributed by atoms with Crippen molar-refractivity contribution in [3.63, 3.8) is 0 Å². The van der Waals surface area contributed by atoms with E-state index in [4.69, 9.17) is 5.73 Å². The number of likely N-dealkylation sites (tertiary alicyclic amines) is 1. The number of benzene rings is 2. The molecule has 1 saturated heterocycles. The predicted octanol–water partition coefficient (Wildman–Crippen LogP) is 2.66. The number of nitrogens with zero attached hydrogens (tertiary/aromatic N) is 1. The van der Waals surface area contributed by atoms with Crippen LogP contribution < -0.4 is 11.1 Å². The molecule has 1 aliphatic rings. The Kier molecular flexibility index (Phi) is 4.93. The summed E-state index contributed by atoms with van der Waals surface area (Å²) in [6, 6.07) is 18.0. The van der Waals surface area contributed by atoms with Gasteiger partial charge in [0.1, 0.15) is 0 Å². The lowest BCUT2D eigenvalue weighted by Gasteiger charge is -2.24. The van der Waals surface area contributed by atoms with Gasteiger partial charge in [-0.2, -0.15) is 0 Å². The van der Waals surface area contributed by atoms with Crippen molar-refractivity contribution in [2.24, 2.45) is 0 Å². The van der Waals surface area contributed by atoms with Gasteiger partial charge in [-0.3, -0.25) is 9.69 Å². The molecule has 2 aromatic carbocycles. The number of hydrogen-bond donors (Lipinski definition) is 2. The second-order valence-corrected chi connectivity index (χ2v) is 6.09. The van der Waals surface area contributed by atoms with Crippen molar-refractivity contribution < 1.29 is 4.79 Å². The minimum atomic E-state index is -0.0520. The van der Waals surface area contributed by atoms with E-state index in [9.17, 15) is 4.79 Å². The molecule has 1 unspecified atom stereocenters. The minimum absolute atomic E-state index is 0.0520. The molecule has 4 nitrogen and oxygen atoms in total. The lowest BCUT2D eigenvalue weighted by Crippen LogP contribution is -2.39. The number of rotatable bonds is 5. The number of carbonyl (C=O) groups is 1. The van der Waals surface area contributed by atoms with E-state index in [1.807, 2.05) is 12.1 Å². The summed E-state index contributed by atoms with van der Waals surface area (Å²) >= 11 is 0. The van der Waals surface area contributed by atoms with Crippen LogP contribution in [0, 0.1) is 0 Å². The molecule has 1 fully saturated rings. The molecule has 1 amide bonds. The molecule has 4 heteroatoms. The van der Waals surface area contributed by atoms with Gasteiger partial charge in [0.2, 0.25) is 0 Å². The molecule has 1 heterocycles. The van der Waals surface area contributed by atoms with Crippen LogP contribution in [-0.4, -0.2) is 29.9 Å². The molecule has 3 rings (SSSR count). The summed E-state index contributed by atoms with van der Waals surface area (Å²) in [5.41, 5.74) is 8.29. The molecule has 120 valence electrons. The summed E-state index contributed by atoms with van der Waals surface area (Å²) < 4.78 is 0. The molecule has 3 N–H and O–H groups in total. The molecule has 0 bridgehead atoms. The Hall–Kier alpha value is -2.33. The maximum Gasteiger partial charge on any atom is 0.251 e. The Balaban J connectivity index is 1.55. The van der Waals surface area contributed by atoms with Crippen molar-refractivity contribution in [1.82, 2.24) is 10.2 Å². The van der Waals surface area contributed by atoms with Crippen LogP contribution in [0.25, 0.3) is 0 Å². The van der Waals surface area contributed by atoms with E-state index in [0.717, 1.165) is 19.5 Å². The molecular weight excluding hydrogens is 286 g/mol. The third kappa shape index (κ3) is 4.11. The number of anilines is 1. The number of amides is 1. The fraction of sp³-hybridized carbons (Fsp3) is 0.316. The number of nitrogen functional groups attached to an aromatic ring is 1. The quantitative estimate of drug-likeness (QED) is 0.835. The van der Waals surface area contributed by atoms with E-state index in [2.05, 4.69) is 34.5 Å². The molecule has 1 aliphatic heterocycles. The summed E-state index contributed by atoms with van der Waals surface area (Å²) in [5, 5.41) is 3.05. The van der Waals surface area contributed by atoms with Crippen LogP contribution in [0.15, 0.2) is 54.6 Å². The second-order valence-electron chi connectivity index (χ2n) is 6.09. The largest absolute Gasteiger partial charge is 0.399 e. The van der Waals surface area contributed by atoms with Crippen molar-refractivity contribution >= 4 is 11.6 Å². The Labute approximate surface area is 137 Å². The first kappa shape index (κ1) is 15.6. The Morgan fingerprint density at radius 1 is 1.17 bits per heavy atom. The van der Waals surface area contributed by atoms with Gasteiger partial charge >= 0.3 is 0 Å². The van der Waals surface area contributed by atoms with Gasteiger partial charge in [0.15, 0.2) is 0 Å². The van der Waals surface area contributed by atoms with E-state index < -0.39 is 0 Å². The summed E-state index contributed by atoms with van der Waals surface area (Å²) in [6.07, 6.45) is 2.32. The van der Waals surface area contributed by atoms with Crippen molar-refractivity contribution in [3.8, 4) is 0 Å². The van der Waals surface area contributed by atoms with Crippen molar-refractivity contribution in [2.75, 3.05) is 18.8 Å². The highest BCUT2D eigenvalue weighted by Gasteiger charge is 2.24. The van der Waals surface area contributed by atoms with Gasteiger partial charge < -0.3 is 11.1 Å². The molecule has 1 atom stereocenters. The normalized spacial score (nSPS) is 18.0. The predicted molar refractivity (Wildman–Crippen MR) is 93.1 cm³/mol. The molecule has 0 aliphatic carbocycles. The van der Waals surface area contributed by atoms with Crippen molar-refractivity contribution in [2.45, 2.75) is 25.4 Å². The van der Waals surface area contributed by atoms with Crippen LogP contribution in [-0.2, 0) is 6.54 Å². The lowest BCUT2D eigenvalue weighted by atomic mass is 10.1. The summed E-state index contributed by atoms with van der Waals surface area (Å²) in [7, 11) is 0. The monoisotopic (exact) mass is 309 g/mol. The van der Waals surface area contributed by atoms with Crippen LogP contribution in [0.1, 0.15) is 28.8 Å². The standard InChI is InChI=1S/C19H23N3O/c20-17-9-4-8-16(12-17)19(23)21-13-18-10-5-11-22(18)14-15-6-2-1-3-7-15/h1-4,6-9,12,18H,5,10-11,13-14,20H2,(H,21,23). The third-order valence-corrected chi connectivity index (χ3v) is 4.37. The Morgan fingerprint density at radius 2 is 2.00 bits per heavy atom. The molecule has 23 heavy (non-hydrogen) atoms. The van der Waals surface area contributed by atoms with Gasteiger partial charge in [-0.15, -0.1) is 0 Å². The van der Waals surface area contributed by atoms with E-state index >= 15 is 0 Å². The molecule has 0 radical (unpaired) electrons. The number of nitrogens with two attached hydrogens (primary N) is 1. The SMILES string of the molecule is Nc1cccc(C(=O)NCC2CCCN2Cc2ccccc2)c1. The zero-order chi connectivity index (χ0) is 16.1. The number of carbonyl (C=O) groups excluding carboxylic acids is 1. The van der Waals surface area contributed by atoms with Crippen LogP contribution >= 0.6 is 0 Å². The van der Waals surface area contributed by atoms with Gasteiger partial charge in [-0.05, 0) is 43.1 Å². The molecule has 0 saturated carbocycles. The Bertz CT molecular complexity index is 657. The summed E-state index contributed by atoms with van der Waals surface area (Å²) in [5.74, 6) is -0.0520. The lowest BCUT2D eigenvalue weighted by molar-refractivity contribution is 0.0940. The molecule has 2 aromatic rings. The first-order valence-electron chi connectivity index (χ1n) is 8.14. The third-order valence-electron chi connectivity index (χ3n) is 4.37. The fourth-order valence-corrected chi connectivity index (χ4v) is 3.14. The van der Waals surface area contributed by atoms with Gasteiger partial charge in [0, 0.05) is 30.4 Å². The maximum atomic E-state index is 12.2.